The second kappa shape index (κ2) is 8.92. The number of nitrogens with one attached hydrogen (secondary N) is 3. The third kappa shape index (κ3) is 4.58. The number of amides is 2. The third-order valence-electron chi connectivity index (χ3n) is 5.39. The molecule has 0 bridgehead atoms. The van der Waals surface area contributed by atoms with E-state index in [1.165, 1.54) is 34.2 Å². The monoisotopic (exact) mass is 408 g/mol. The van der Waals surface area contributed by atoms with E-state index in [4.69, 9.17) is 4.42 Å². The van der Waals surface area contributed by atoms with Gasteiger partial charge in [0.2, 0.25) is 0 Å². The first-order valence-electron chi connectivity index (χ1n) is 9.89. The molecule has 2 heterocycles. The summed E-state index contributed by atoms with van der Waals surface area (Å²) < 4.78 is 18.9. The van der Waals surface area contributed by atoms with E-state index in [2.05, 4.69) is 22.8 Å². The van der Waals surface area contributed by atoms with Crippen molar-refractivity contribution in [1.82, 2.24) is 5.32 Å². The van der Waals surface area contributed by atoms with Crippen molar-refractivity contribution >= 4 is 17.5 Å². The van der Waals surface area contributed by atoms with Crippen LogP contribution in [0.2, 0.25) is 0 Å². The number of quaternary nitrogens is 1. The molecule has 2 amide bonds. The van der Waals surface area contributed by atoms with E-state index in [0.717, 1.165) is 31.3 Å². The molecule has 0 radical (unpaired) electrons. The fraction of sp³-hybridized carbons (Fsp3) is 0.217. The zero-order valence-electron chi connectivity index (χ0n) is 16.4. The predicted octanol–water partition coefficient (Wildman–Crippen LogP) is 1.86. The molecular formula is C23H23FN3O3+. The first kappa shape index (κ1) is 19.8. The van der Waals surface area contributed by atoms with Gasteiger partial charge in [-0.15, -0.1) is 0 Å². The van der Waals surface area contributed by atoms with Crippen LogP contribution in [0, 0.1) is 5.82 Å². The molecule has 1 aliphatic rings. The SMILES string of the molecule is O=C(NC[C@@H](c1ccco1)[NH+]1CCc2ccccc2C1)C(=O)Nc1cccc(F)c1. The number of hydrogen-bond donors (Lipinski definition) is 3. The number of anilines is 1. The van der Waals surface area contributed by atoms with Crippen molar-refractivity contribution in [3.05, 3.63) is 89.6 Å². The van der Waals surface area contributed by atoms with Gasteiger partial charge in [-0.2, -0.15) is 0 Å². The maximum atomic E-state index is 13.3. The van der Waals surface area contributed by atoms with E-state index in [1.54, 1.807) is 6.26 Å². The molecule has 1 aromatic heterocycles. The van der Waals surface area contributed by atoms with E-state index in [0.29, 0.717) is 0 Å². The van der Waals surface area contributed by atoms with Crippen LogP contribution in [0.4, 0.5) is 10.1 Å². The zero-order valence-corrected chi connectivity index (χ0v) is 16.4. The maximum Gasteiger partial charge on any atom is 0.313 e. The number of halogens is 1. The normalized spacial score (nSPS) is 16.4. The Hall–Kier alpha value is -3.45. The van der Waals surface area contributed by atoms with Crippen molar-refractivity contribution in [3.8, 4) is 0 Å². The van der Waals surface area contributed by atoms with E-state index < -0.39 is 17.6 Å². The molecule has 0 saturated carbocycles. The summed E-state index contributed by atoms with van der Waals surface area (Å²) in [7, 11) is 0. The lowest BCUT2D eigenvalue weighted by Crippen LogP contribution is -3.12. The van der Waals surface area contributed by atoms with Gasteiger partial charge >= 0.3 is 11.8 Å². The van der Waals surface area contributed by atoms with Crippen LogP contribution in [0.5, 0.6) is 0 Å². The second-order valence-electron chi connectivity index (χ2n) is 7.35. The van der Waals surface area contributed by atoms with Gasteiger partial charge in [0.15, 0.2) is 11.8 Å². The summed E-state index contributed by atoms with van der Waals surface area (Å²) in [5, 5.41) is 5.11. The van der Waals surface area contributed by atoms with Crippen molar-refractivity contribution in [2.24, 2.45) is 0 Å². The number of rotatable bonds is 5. The summed E-state index contributed by atoms with van der Waals surface area (Å²) in [6.07, 6.45) is 2.55. The van der Waals surface area contributed by atoms with Gasteiger partial charge in [-0.3, -0.25) is 9.59 Å². The summed E-state index contributed by atoms with van der Waals surface area (Å²) >= 11 is 0. The van der Waals surface area contributed by atoms with Gasteiger partial charge < -0.3 is 20.0 Å². The number of hydrogen-bond acceptors (Lipinski definition) is 3. The second-order valence-corrected chi connectivity index (χ2v) is 7.35. The van der Waals surface area contributed by atoms with Gasteiger partial charge in [-0.05, 0) is 35.9 Å². The minimum Gasteiger partial charge on any atom is -0.463 e. The van der Waals surface area contributed by atoms with Gasteiger partial charge in [-0.1, -0.05) is 30.3 Å². The number of carbonyl (C=O) groups excluding carboxylic acids is 2. The van der Waals surface area contributed by atoms with Gasteiger partial charge in [0.05, 0.1) is 19.4 Å². The number of furan rings is 1. The van der Waals surface area contributed by atoms with Crippen LogP contribution in [-0.4, -0.2) is 24.9 Å². The lowest BCUT2D eigenvalue weighted by molar-refractivity contribution is -0.946. The molecule has 6 nitrogen and oxygen atoms in total. The number of fused-ring (bicyclic) bond motifs is 1. The van der Waals surface area contributed by atoms with Crippen molar-refractivity contribution < 1.29 is 23.3 Å². The Morgan fingerprint density at radius 1 is 1.03 bits per heavy atom. The van der Waals surface area contributed by atoms with E-state index in [-0.39, 0.29) is 18.3 Å². The summed E-state index contributed by atoms with van der Waals surface area (Å²) in [6.45, 7) is 1.96. The highest BCUT2D eigenvalue weighted by Gasteiger charge is 2.31. The fourth-order valence-corrected chi connectivity index (χ4v) is 3.86. The molecule has 2 aromatic carbocycles. The predicted molar refractivity (Wildman–Crippen MR) is 109 cm³/mol. The molecule has 0 spiro atoms. The Kier molecular flexibility index (Phi) is 5.90. The van der Waals surface area contributed by atoms with Gasteiger partial charge in [-0.25, -0.2) is 4.39 Å². The molecule has 1 aliphatic heterocycles. The molecule has 1 unspecified atom stereocenters. The molecule has 154 valence electrons. The molecular weight excluding hydrogens is 385 g/mol. The number of carbonyl (C=O) groups is 2. The molecule has 3 aromatic rings. The Morgan fingerprint density at radius 2 is 1.87 bits per heavy atom. The first-order chi connectivity index (χ1) is 14.6. The summed E-state index contributed by atoms with van der Waals surface area (Å²) in [6, 6.07) is 17.3. The lowest BCUT2D eigenvalue weighted by Gasteiger charge is -2.31. The minimum atomic E-state index is -0.835. The van der Waals surface area contributed by atoms with Crippen LogP contribution in [0.1, 0.15) is 22.9 Å². The van der Waals surface area contributed by atoms with Crippen LogP contribution >= 0.6 is 0 Å². The highest BCUT2D eigenvalue weighted by Crippen LogP contribution is 2.15. The van der Waals surface area contributed by atoms with E-state index >= 15 is 0 Å². The minimum absolute atomic E-state index is 0.126. The Morgan fingerprint density at radius 3 is 2.63 bits per heavy atom. The van der Waals surface area contributed by atoms with Crippen molar-refractivity contribution in [2.45, 2.75) is 19.0 Å². The summed E-state index contributed by atoms with van der Waals surface area (Å²) in [4.78, 5) is 25.8. The van der Waals surface area contributed by atoms with Gasteiger partial charge in [0.1, 0.15) is 12.4 Å². The molecule has 0 fully saturated rings. The largest absolute Gasteiger partial charge is 0.463 e. The Labute approximate surface area is 173 Å². The Balaban J connectivity index is 1.42. The molecule has 2 atom stereocenters. The van der Waals surface area contributed by atoms with Crippen LogP contribution in [0.15, 0.2) is 71.3 Å². The van der Waals surface area contributed by atoms with Gasteiger partial charge in [0.25, 0.3) is 0 Å². The van der Waals surface area contributed by atoms with Crippen molar-refractivity contribution in [3.63, 3.8) is 0 Å². The zero-order chi connectivity index (χ0) is 20.9. The first-order valence-corrected chi connectivity index (χ1v) is 9.89. The lowest BCUT2D eigenvalue weighted by atomic mass is 9.98. The maximum absolute atomic E-state index is 13.3. The molecule has 7 heteroatoms. The van der Waals surface area contributed by atoms with Crippen molar-refractivity contribution in [1.29, 1.82) is 0 Å². The molecule has 4 rings (SSSR count). The van der Waals surface area contributed by atoms with E-state index in [1.807, 2.05) is 24.3 Å². The fourth-order valence-electron chi connectivity index (χ4n) is 3.86. The van der Waals surface area contributed by atoms with Gasteiger partial charge in [0, 0.05) is 17.7 Å². The average molecular weight is 408 g/mol. The smallest absolute Gasteiger partial charge is 0.313 e. The number of benzene rings is 2. The standard InChI is InChI=1S/C23H22FN3O3/c24-18-7-3-8-19(13-18)26-23(29)22(28)25-14-20(21-9-4-12-30-21)27-11-10-16-5-1-2-6-17(16)15-27/h1-9,12-13,20H,10-11,14-15H2,(H,25,28)(H,26,29)/p+1/t20-/m0/s1. The van der Waals surface area contributed by atoms with E-state index in [9.17, 15) is 14.0 Å². The van der Waals surface area contributed by atoms with Crippen molar-refractivity contribution in [2.75, 3.05) is 18.4 Å². The molecule has 30 heavy (non-hydrogen) atoms. The van der Waals surface area contributed by atoms with Crippen LogP contribution < -0.4 is 15.5 Å². The highest BCUT2D eigenvalue weighted by molar-refractivity contribution is 6.39. The molecule has 0 saturated heterocycles. The molecule has 0 aliphatic carbocycles. The Bertz CT molecular complexity index is 1040. The summed E-state index contributed by atoms with van der Waals surface area (Å²) in [5.41, 5.74) is 2.86. The summed E-state index contributed by atoms with van der Waals surface area (Å²) in [5.74, 6) is -1.33. The highest BCUT2D eigenvalue weighted by atomic mass is 19.1. The van der Waals surface area contributed by atoms with Crippen LogP contribution in [0.3, 0.4) is 0 Å². The topological polar surface area (TPSA) is 75.8 Å². The van der Waals surface area contributed by atoms with Crippen LogP contribution in [-0.2, 0) is 22.6 Å². The van der Waals surface area contributed by atoms with Crippen LogP contribution in [0.25, 0.3) is 0 Å². The molecule has 3 N–H and O–H groups in total. The average Bonchev–Trinajstić information content (AvgIpc) is 3.28. The quantitative estimate of drug-likeness (QED) is 0.564. The third-order valence-corrected chi connectivity index (χ3v) is 5.39.